The first-order valence-corrected chi connectivity index (χ1v) is 6.70. The van der Waals surface area contributed by atoms with E-state index in [0.29, 0.717) is 11.5 Å². The van der Waals surface area contributed by atoms with Crippen LogP contribution < -0.4 is 5.32 Å². The molecule has 100 valence electrons. The second kappa shape index (κ2) is 5.37. The molecule has 1 unspecified atom stereocenters. The lowest BCUT2D eigenvalue weighted by Crippen LogP contribution is -2.39. The number of aryl methyl sites for hydroxylation is 2. The molecule has 3 nitrogen and oxygen atoms in total. The number of ether oxygens (including phenoxy) is 1. The van der Waals surface area contributed by atoms with E-state index in [1.165, 1.54) is 18.4 Å². The van der Waals surface area contributed by atoms with Gasteiger partial charge in [0.2, 0.25) is 0 Å². The summed E-state index contributed by atoms with van der Waals surface area (Å²) in [6.07, 6.45) is 2.60. The van der Waals surface area contributed by atoms with Gasteiger partial charge in [0.1, 0.15) is 0 Å². The number of nitrogens with zero attached hydrogens (tertiary/aromatic N) is 1. The minimum Gasteiger partial charge on any atom is -0.383 e. The molecule has 18 heavy (non-hydrogen) atoms. The molecule has 3 heteroatoms. The highest BCUT2D eigenvalue weighted by Gasteiger charge is 2.44. The quantitative estimate of drug-likeness (QED) is 0.840. The molecule has 1 saturated carbocycles. The van der Waals surface area contributed by atoms with Gasteiger partial charge in [-0.3, -0.25) is 4.98 Å². The summed E-state index contributed by atoms with van der Waals surface area (Å²) in [6.45, 7) is 8.09. The van der Waals surface area contributed by atoms with Crippen LogP contribution in [0, 0.1) is 19.3 Å². The predicted octanol–water partition coefficient (Wildman–Crippen LogP) is 2.60. The normalized spacial score (nSPS) is 18.7. The van der Waals surface area contributed by atoms with Gasteiger partial charge in [-0.25, -0.2) is 0 Å². The van der Waals surface area contributed by atoms with Crippen LogP contribution in [0.3, 0.4) is 0 Å². The van der Waals surface area contributed by atoms with Gasteiger partial charge in [0.25, 0.3) is 0 Å². The van der Waals surface area contributed by atoms with Gasteiger partial charge < -0.3 is 10.1 Å². The van der Waals surface area contributed by atoms with Crippen molar-refractivity contribution in [2.75, 3.05) is 13.7 Å². The van der Waals surface area contributed by atoms with Crippen molar-refractivity contribution in [2.24, 2.45) is 5.41 Å². The molecule has 0 aromatic carbocycles. The molecule has 0 aliphatic heterocycles. The minimum absolute atomic E-state index is 0.426. The van der Waals surface area contributed by atoms with E-state index in [0.717, 1.165) is 24.5 Å². The van der Waals surface area contributed by atoms with Crippen LogP contribution in [0.15, 0.2) is 12.1 Å². The maximum Gasteiger partial charge on any atom is 0.0621 e. The number of hydrogen-bond donors (Lipinski definition) is 1. The maximum absolute atomic E-state index is 5.32. The van der Waals surface area contributed by atoms with E-state index < -0.39 is 0 Å². The van der Waals surface area contributed by atoms with Gasteiger partial charge in [0.05, 0.1) is 12.3 Å². The van der Waals surface area contributed by atoms with E-state index in [1.54, 1.807) is 7.11 Å². The summed E-state index contributed by atoms with van der Waals surface area (Å²) in [7, 11) is 1.77. The molecule has 0 radical (unpaired) electrons. The summed E-state index contributed by atoms with van der Waals surface area (Å²) < 4.78 is 5.32. The zero-order chi connectivity index (χ0) is 13.2. The lowest BCUT2D eigenvalue weighted by molar-refractivity contribution is 0.136. The molecular weight excluding hydrogens is 224 g/mol. The highest BCUT2D eigenvalue weighted by molar-refractivity contribution is 5.20. The van der Waals surface area contributed by atoms with Gasteiger partial charge >= 0.3 is 0 Å². The Morgan fingerprint density at radius 1 is 1.39 bits per heavy atom. The smallest absolute Gasteiger partial charge is 0.0621 e. The molecule has 1 aromatic heterocycles. The molecule has 1 aliphatic rings. The Hall–Kier alpha value is -0.930. The summed E-state index contributed by atoms with van der Waals surface area (Å²) in [5.74, 6) is 0. The number of nitrogens with one attached hydrogen (secondary N) is 1. The highest BCUT2D eigenvalue weighted by atomic mass is 16.5. The highest BCUT2D eigenvalue weighted by Crippen LogP contribution is 2.48. The van der Waals surface area contributed by atoms with Crippen molar-refractivity contribution in [3.63, 3.8) is 0 Å². The molecule has 0 bridgehead atoms. The van der Waals surface area contributed by atoms with Crippen LogP contribution in [0.5, 0.6) is 0 Å². The monoisotopic (exact) mass is 248 g/mol. The molecule has 0 amide bonds. The third-order valence-corrected chi connectivity index (χ3v) is 4.15. The first-order chi connectivity index (χ1) is 8.55. The summed E-state index contributed by atoms with van der Waals surface area (Å²) in [5.41, 5.74) is 3.91. The summed E-state index contributed by atoms with van der Waals surface area (Å²) in [5, 5.41) is 3.60. The fourth-order valence-electron chi connectivity index (χ4n) is 2.23. The van der Waals surface area contributed by atoms with Crippen LogP contribution in [0.4, 0.5) is 0 Å². The Labute approximate surface area is 110 Å². The van der Waals surface area contributed by atoms with Crippen LogP contribution in [0.25, 0.3) is 0 Å². The van der Waals surface area contributed by atoms with Crippen molar-refractivity contribution in [1.29, 1.82) is 0 Å². The maximum atomic E-state index is 5.32. The van der Waals surface area contributed by atoms with Crippen molar-refractivity contribution in [3.8, 4) is 0 Å². The number of aromatic nitrogens is 1. The molecule has 1 aromatic rings. The van der Waals surface area contributed by atoms with E-state index >= 15 is 0 Å². The number of rotatable bonds is 6. The molecule has 2 rings (SSSR count). The first-order valence-electron chi connectivity index (χ1n) is 6.70. The molecular formula is C15H24N2O. The van der Waals surface area contributed by atoms with Crippen molar-refractivity contribution in [2.45, 2.75) is 46.2 Å². The molecule has 1 heterocycles. The average Bonchev–Trinajstić information content (AvgIpc) is 3.08. The van der Waals surface area contributed by atoms with Gasteiger partial charge in [-0.1, -0.05) is 13.0 Å². The van der Waals surface area contributed by atoms with Gasteiger partial charge in [0.15, 0.2) is 0 Å². The second-order valence-electron chi connectivity index (χ2n) is 5.75. The minimum atomic E-state index is 0.426. The predicted molar refractivity (Wildman–Crippen MR) is 73.6 cm³/mol. The van der Waals surface area contributed by atoms with Crippen molar-refractivity contribution < 1.29 is 4.74 Å². The van der Waals surface area contributed by atoms with Crippen LogP contribution in [-0.2, 0) is 11.3 Å². The third-order valence-electron chi connectivity index (χ3n) is 4.15. The van der Waals surface area contributed by atoms with Crippen LogP contribution in [0.2, 0.25) is 0 Å². The van der Waals surface area contributed by atoms with E-state index in [9.17, 15) is 0 Å². The van der Waals surface area contributed by atoms with Gasteiger partial charge in [0, 0.05) is 25.4 Å². The standard InChI is InChI=1S/C15H24N2O/c1-11-5-6-13(17-12(11)2)9-16-14(10-18-4)15(3)7-8-15/h5-6,14,16H,7-10H2,1-4H3. The molecule has 1 fully saturated rings. The van der Waals surface area contributed by atoms with E-state index in [2.05, 4.69) is 43.2 Å². The Kier molecular flexibility index (Phi) is 4.03. The Bertz CT molecular complexity index is 413. The molecule has 0 spiro atoms. The molecule has 1 N–H and O–H groups in total. The molecule has 0 saturated heterocycles. The lowest BCUT2D eigenvalue weighted by Gasteiger charge is -2.24. The lowest BCUT2D eigenvalue weighted by atomic mass is 9.99. The number of pyridine rings is 1. The SMILES string of the molecule is COCC(NCc1ccc(C)c(C)n1)C1(C)CC1. The van der Waals surface area contributed by atoms with Crippen molar-refractivity contribution in [1.82, 2.24) is 10.3 Å². The van der Waals surface area contributed by atoms with Gasteiger partial charge in [-0.2, -0.15) is 0 Å². The van der Waals surface area contributed by atoms with Crippen molar-refractivity contribution >= 4 is 0 Å². The topological polar surface area (TPSA) is 34.1 Å². The fraction of sp³-hybridized carbons (Fsp3) is 0.667. The number of hydrogen-bond acceptors (Lipinski definition) is 3. The van der Waals surface area contributed by atoms with E-state index in [4.69, 9.17) is 4.74 Å². The van der Waals surface area contributed by atoms with E-state index in [-0.39, 0.29) is 0 Å². The summed E-state index contributed by atoms with van der Waals surface area (Å²) in [4.78, 5) is 4.60. The molecule has 1 atom stereocenters. The second-order valence-corrected chi connectivity index (χ2v) is 5.75. The van der Waals surface area contributed by atoms with Crippen molar-refractivity contribution in [3.05, 3.63) is 29.1 Å². The Balaban J connectivity index is 1.94. The summed E-state index contributed by atoms with van der Waals surface area (Å²) in [6, 6.07) is 4.68. The van der Waals surface area contributed by atoms with Crippen LogP contribution in [0.1, 0.15) is 36.7 Å². The zero-order valence-corrected chi connectivity index (χ0v) is 11.9. The van der Waals surface area contributed by atoms with Gasteiger partial charge in [-0.15, -0.1) is 0 Å². The zero-order valence-electron chi connectivity index (χ0n) is 11.9. The number of methoxy groups -OCH3 is 1. The summed E-state index contributed by atoms with van der Waals surface area (Å²) >= 11 is 0. The average molecular weight is 248 g/mol. The Morgan fingerprint density at radius 3 is 2.67 bits per heavy atom. The third kappa shape index (κ3) is 3.09. The Morgan fingerprint density at radius 2 is 2.11 bits per heavy atom. The first kappa shape index (κ1) is 13.5. The molecule has 1 aliphatic carbocycles. The van der Waals surface area contributed by atoms with Gasteiger partial charge in [-0.05, 0) is 43.7 Å². The van der Waals surface area contributed by atoms with E-state index in [1.807, 2.05) is 0 Å². The van der Waals surface area contributed by atoms with Crippen LogP contribution >= 0.6 is 0 Å². The fourth-order valence-corrected chi connectivity index (χ4v) is 2.23. The largest absolute Gasteiger partial charge is 0.383 e. The van der Waals surface area contributed by atoms with Crippen LogP contribution in [-0.4, -0.2) is 24.7 Å².